The fraction of sp³-hybridized carbons (Fsp3) is 0.684. The van der Waals surface area contributed by atoms with Crippen molar-refractivity contribution in [1.29, 1.82) is 0 Å². The van der Waals surface area contributed by atoms with Crippen molar-refractivity contribution in [2.45, 2.75) is 52.0 Å². The zero-order valence-electron chi connectivity index (χ0n) is 13.5. The predicted octanol–water partition coefficient (Wildman–Crippen LogP) is 3.60. The fourth-order valence-electron chi connectivity index (χ4n) is 4.28. The summed E-state index contributed by atoms with van der Waals surface area (Å²) in [6.45, 7) is 8.25. The maximum Gasteiger partial charge on any atom is 0.0236 e. The molecule has 2 nitrogen and oxygen atoms in total. The lowest BCUT2D eigenvalue weighted by molar-refractivity contribution is 0.144. The second-order valence-electron chi connectivity index (χ2n) is 7.07. The molecule has 1 heterocycles. The fourth-order valence-corrected chi connectivity index (χ4v) is 4.28. The lowest BCUT2D eigenvalue weighted by atomic mass is 9.85. The van der Waals surface area contributed by atoms with Gasteiger partial charge in [0.15, 0.2) is 0 Å². The minimum absolute atomic E-state index is 0.537. The minimum Gasteiger partial charge on any atom is -0.316 e. The van der Waals surface area contributed by atoms with Gasteiger partial charge >= 0.3 is 0 Å². The molecular weight excluding hydrogens is 256 g/mol. The summed E-state index contributed by atoms with van der Waals surface area (Å²) < 4.78 is 0. The zero-order valence-corrected chi connectivity index (χ0v) is 13.5. The topological polar surface area (TPSA) is 15.3 Å². The first kappa shape index (κ1) is 15.1. The molecule has 0 bridgehead atoms. The second-order valence-corrected chi connectivity index (χ2v) is 7.07. The van der Waals surface area contributed by atoms with Gasteiger partial charge in [-0.15, -0.1) is 0 Å². The van der Waals surface area contributed by atoms with E-state index >= 15 is 0 Å². The molecule has 1 aliphatic carbocycles. The molecule has 1 N–H and O–H groups in total. The van der Waals surface area contributed by atoms with E-state index in [4.69, 9.17) is 0 Å². The Labute approximate surface area is 129 Å². The summed E-state index contributed by atoms with van der Waals surface area (Å²) in [6, 6.07) is 9.05. The Hall–Kier alpha value is -0.860. The molecule has 1 saturated carbocycles. The van der Waals surface area contributed by atoms with E-state index in [1.54, 1.807) is 11.1 Å². The van der Waals surface area contributed by atoms with Gasteiger partial charge in [0, 0.05) is 19.6 Å². The molecule has 2 aliphatic rings. The largest absolute Gasteiger partial charge is 0.316 e. The SMILES string of the molecule is CCNCC1(CN2CCCc3ccccc3C2)CCCC1. The van der Waals surface area contributed by atoms with E-state index in [2.05, 4.69) is 41.4 Å². The highest BCUT2D eigenvalue weighted by Gasteiger charge is 2.35. The van der Waals surface area contributed by atoms with Crippen LogP contribution < -0.4 is 5.32 Å². The summed E-state index contributed by atoms with van der Waals surface area (Å²) in [6.07, 6.45) is 8.25. The van der Waals surface area contributed by atoms with Gasteiger partial charge in [0.2, 0.25) is 0 Å². The Morgan fingerprint density at radius 3 is 2.62 bits per heavy atom. The van der Waals surface area contributed by atoms with Gasteiger partial charge in [-0.1, -0.05) is 44.0 Å². The van der Waals surface area contributed by atoms with Crippen molar-refractivity contribution in [2.24, 2.45) is 5.41 Å². The average molecular weight is 286 g/mol. The van der Waals surface area contributed by atoms with Crippen LogP contribution in [0.5, 0.6) is 0 Å². The molecule has 0 unspecified atom stereocenters. The van der Waals surface area contributed by atoms with Crippen LogP contribution in [0.15, 0.2) is 24.3 Å². The summed E-state index contributed by atoms with van der Waals surface area (Å²) in [4.78, 5) is 2.73. The average Bonchev–Trinajstić information content (AvgIpc) is 2.85. The van der Waals surface area contributed by atoms with Crippen LogP contribution in [0.4, 0.5) is 0 Å². The Morgan fingerprint density at radius 1 is 1.10 bits per heavy atom. The molecule has 21 heavy (non-hydrogen) atoms. The number of aryl methyl sites for hydroxylation is 1. The lowest BCUT2D eigenvalue weighted by Gasteiger charge is -2.35. The van der Waals surface area contributed by atoms with Crippen molar-refractivity contribution in [3.8, 4) is 0 Å². The number of hydrogen-bond donors (Lipinski definition) is 1. The minimum atomic E-state index is 0.537. The first-order chi connectivity index (χ1) is 10.3. The molecular formula is C19H30N2. The number of benzene rings is 1. The van der Waals surface area contributed by atoms with E-state index in [1.165, 1.54) is 58.2 Å². The standard InChI is InChI=1S/C19H30N2/c1-2-20-15-19(11-5-6-12-19)16-21-13-7-10-17-8-3-4-9-18(17)14-21/h3-4,8-9,20H,2,5-7,10-16H2,1H3. The van der Waals surface area contributed by atoms with E-state index in [1.807, 2.05) is 0 Å². The molecule has 116 valence electrons. The highest BCUT2D eigenvalue weighted by molar-refractivity contribution is 5.28. The smallest absolute Gasteiger partial charge is 0.0236 e. The molecule has 1 aromatic carbocycles. The van der Waals surface area contributed by atoms with Crippen LogP contribution in [0.1, 0.15) is 50.2 Å². The summed E-state index contributed by atoms with van der Waals surface area (Å²) in [5.74, 6) is 0. The van der Waals surface area contributed by atoms with Crippen LogP contribution in [-0.2, 0) is 13.0 Å². The molecule has 0 atom stereocenters. The van der Waals surface area contributed by atoms with Crippen LogP contribution in [0, 0.1) is 5.41 Å². The summed E-state index contributed by atoms with van der Waals surface area (Å²) in [7, 11) is 0. The van der Waals surface area contributed by atoms with Gasteiger partial charge in [0.1, 0.15) is 0 Å². The molecule has 0 radical (unpaired) electrons. The molecule has 3 rings (SSSR count). The Bertz CT molecular complexity index is 449. The van der Waals surface area contributed by atoms with Crippen molar-refractivity contribution in [3.05, 3.63) is 35.4 Å². The van der Waals surface area contributed by atoms with Gasteiger partial charge in [0.05, 0.1) is 0 Å². The van der Waals surface area contributed by atoms with E-state index in [0.29, 0.717) is 5.41 Å². The quantitative estimate of drug-likeness (QED) is 0.889. The molecule has 1 aliphatic heterocycles. The maximum absolute atomic E-state index is 3.63. The van der Waals surface area contributed by atoms with Crippen molar-refractivity contribution >= 4 is 0 Å². The van der Waals surface area contributed by atoms with E-state index in [0.717, 1.165) is 13.1 Å². The summed E-state index contributed by atoms with van der Waals surface area (Å²) in [5.41, 5.74) is 3.67. The Balaban J connectivity index is 1.68. The molecule has 2 heteroatoms. The molecule has 0 spiro atoms. The normalized spacial score (nSPS) is 22.0. The summed E-state index contributed by atoms with van der Waals surface area (Å²) in [5, 5.41) is 3.63. The van der Waals surface area contributed by atoms with Crippen LogP contribution >= 0.6 is 0 Å². The number of hydrogen-bond acceptors (Lipinski definition) is 2. The number of rotatable bonds is 5. The molecule has 1 aromatic rings. The van der Waals surface area contributed by atoms with Gasteiger partial charge in [0.25, 0.3) is 0 Å². The van der Waals surface area contributed by atoms with Crippen molar-refractivity contribution in [3.63, 3.8) is 0 Å². The van der Waals surface area contributed by atoms with Gasteiger partial charge in [-0.25, -0.2) is 0 Å². The zero-order chi connectivity index (χ0) is 14.5. The first-order valence-corrected chi connectivity index (χ1v) is 8.81. The van der Waals surface area contributed by atoms with Crippen molar-refractivity contribution in [2.75, 3.05) is 26.2 Å². The lowest BCUT2D eigenvalue weighted by Crippen LogP contribution is -2.42. The third-order valence-corrected chi connectivity index (χ3v) is 5.41. The summed E-state index contributed by atoms with van der Waals surface area (Å²) >= 11 is 0. The van der Waals surface area contributed by atoms with E-state index < -0.39 is 0 Å². The third kappa shape index (κ3) is 3.67. The third-order valence-electron chi connectivity index (χ3n) is 5.41. The van der Waals surface area contributed by atoms with Gasteiger partial charge in [-0.05, 0) is 55.3 Å². The number of fused-ring (bicyclic) bond motifs is 1. The van der Waals surface area contributed by atoms with Crippen LogP contribution in [-0.4, -0.2) is 31.1 Å². The van der Waals surface area contributed by atoms with E-state index in [9.17, 15) is 0 Å². The second kappa shape index (κ2) is 6.93. The van der Waals surface area contributed by atoms with Crippen molar-refractivity contribution in [1.82, 2.24) is 10.2 Å². The first-order valence-electron chi connectivity index (χ1n) is 8.81. The van der Waals surface area contributed by atoms with E-state index in [-0.39, 0.29) is 0 Å². The number of nitrogens with zero attached hydrogens (tertiary/aromatic N) is 1. The highest BCUT2D eigenvalue weighted by Crippen LogP contribution is 2.39. The van der Waals surface area contributed by atoms with Crippen LogP contribution in [0.2, 0.25) is 0 Å². The Kier molecular flexibility index (Phi) is 4.97. The van der Waals surface area contributed by atoms with Crippen LogP contribution in [0.3, 0.4) is 0 Å². The maximum atomic E-state index is 3.63. The molecule has 1 fully saturated rings. The monoisotopic (exact) mass is 286 g/mol. The van der Waals surface area contributed by atoms with Gasteiger partial charge in [-0.2, -0.15) is 0 Å². The van der Waals surface area contributed by atoms with Gasteiger partial charge < -0.3 is 5.32 Å². The Morgan fingerprint density at radius 2 is 1.86 bits per heavy atom. The molecule has 0 amide bonds. The molecule has 0 saturated heterocycles. The molecule has 0 aromatic heterocycles. The highest BCUT2D eigenvalue weighted by atomic mass is 15.1. The van der Waals surface area contributed by atoms with Crippen molar-refractivity contribution < 1.29 is 0 Å². The predicted molar refractivity (Wildman–Crippen MR) is 89.5 cm³/mol. The van der Waals surface area contributed by atoms with Crippen LogP contribution in [0.25, 0.3) is 0 Å². The van der Waals surface area contributed by atoms with Gasteiger partial charge in [-0.3, -0.25) is 4.90 Å². The number of nitrogens with one attached hydrogen (secondary N) is 1.